The van der Waals surface area contributed by atoms with Crippen LogP contribution in [0.5, 0.6) is 0 Å². The summed E-state index contributed by atoms with van der Waals surface area (Å²) in [4.78, 5) is 0. The van der Waals surface area contributed by atoms with Crippen molar-refractivity contribution >= 4 is 11.6 Å². The van der Waals surface area contributed by atoms with Crippen molar-refractivity contribution in [2.45, 2.75) is 57.7 Å². The summed E-state index contributed by atoms with van der Waals surface area (Å²) in [6, 6.07) is 4.61. The molecular weight excluding hydrogens is 291 g/mol. The van der Waals surface area contributed by atoms with Crippen LogP contribution in [-0.2, 0) is 11.2 Å². The molecule has 21 heavy (non-hydrogen) atoms. The van der Waals surface area contributed by atoms with E-state index < -0.39 is 17.5 Å². The van der Waals surface area contributed by atoms with Crippen LogP contribution >= 0.6 is 11.6 Å². The standard InChI is InChI=1S/C17H24ClFO2/c1-3-21-17(8-6-12(2)7-9-17)16(20)11-13-4-5-15(19)14(18)10-13/h4-5,10,12,16,20H,3,6-9,11H2,1-2H3. The zero-order chi connectivity index (χ0) is 15.5. The van der Waals surface area contributed by atoms with Gasteiger partial charge in [-0.25, -0.2) is 4.39 Å². The molecule has 2 rings (SSSR count). The van der Waals surface area contributed by atoms with Crippen molar-refractivity contribution in [3.63, 3.8) is 0 Å². The Hall–Kier alpha value is -0.640. The van der Waals surface area contributed by atoms with Gasteiger partial charge in [-0.05, 0) is 56.2 Å². The van der Waals surface area contributed by atoms with Crippen molar-refractivity contribution in [2.75, 3.05) is 6.61 Å². The number of ether oxygens (including phenoxy) is 1. The van der Waals surface area contributed by atoms with E-state index in [4.69, 9.17) is 16.3 Å². The Balaban J connectivity index is 2.11. The van der Waals surface area contributed by atoms with Crippen LogP contribution in [0.4, 0.5) is 4.39 Å². The van der Waals surface area contributed by atoms with Gasteiger partial charge >= 0.3 is 0 Å². The maximum Gasteiger partial charge on any atom is 0.141 e. The number of aliphatic hydroxyl groups excluding tert-OH is 1. The van der Waals surface area contributed by atoms with E-state index in [0.717, 1.165) is 31.2 Å². The molecule has 1 aromatic carbocycles. The normalized spacial score (nSPS) is 27.6. The van der Waals surface area contributed by atoms with Crippen molar-refractivity contribution in [1.82, 2.24) is 0 Å². The topological polar surface area (TPSA) is 29.5 Å². The predicted octanol–water partition coefficient (Wildman–Crippen LogP) is 4.37. The lowest BCUT2D eigenvalue weighted by atomic mass is 9.75. The number of hydrogen-bond donors (Lipinski definition) is 1. The minimum Gasteiger partial charge on any atom is -0.390 e. The molecule has 1 aliphatic rings. The predicted molar refractivity (Wildman–Crippen MR) is 83.1 cm³/mol. The molecule has 0 amide bonds. The van der Waals surface area contributed by atoms with Gasteiger partial charge < -0.3 is 9.84 Å². The van der Waals surface area contributed by atoms with E-state index in [9.17, 15) is 9.50 Å². The van der Waals surface area contributed by atoms with Crippen molar-refractivity contribution in [2.24, 2.45) is 5.92 Å². The van der Waals surface area contributed by atoms with Crippen LogP contribution in [0.3, 0.4) is 0 Å². The van der Waals surface area contributed by atoms with E-state index >= 15 is 0 Å². The summed E-state index contributed by atoms with van der Waals surface area (Å²) >= 11 is 5.81. The number of benzene rings is 1. The van der Waals surface area contributed by atoms with Gasteiger partial charge in [-0.15, -0.1) is 0 Å². The van der Waals surface area contributed by atoms with E-state index in [1.807, 2.05) is 6.92 Å². The number of rotatable bonds is 5. The molecular formula is C17H24ClFO2. The van der Waals surface area contributed by atoms with Gasteiger partial charge in [0.25, 0.3) is 0 Å². The van der Waals surface area contributed by atoms with Gasteiger partial charge in [0.2, 0.25) is 0 Å². The number of halogens is 2. The third kappa shape index (κ3) is 3.97. The van der Waals surface area contributed by atoms with Crippen LogP contribution in [-0.4, -0.2) is 23.4 Å². The summed E-state index contributed by atoms with van der Waals surface area (Å²) in [6.45, 7) is 4.79. The highest BCUT2D eigenvalue weighted by Crippen LogP contribution is 2.38. The molecule has 1 N–H and O–H groups in total. The van der Waals surface area contributed by atoms with E-state index in [1.165, 1.54) is 6.07 Å². The van der Waals surface area contributed by atoms with Gasteiger partial charge in [0.1, 0.15) is 5.82 Å². The summed E-state index contributed by atoms with van der Waals surface area (Å²) in [5.41, 5.74) is 0.369. The fraction of sp³-hybridized carbons (Fsp3) is 0.647. The molecule has 1 aromatic rings. The molecule has 0 saturated heterocycles. The van der Waals surface area contributed by atoms with Gasteiger partial charge in [0.15, 0.2) is 0 Å². The van der Waals surface area contributed by atoms with Crippen LogP contribution in [0.2, 0.25) is 5.02 Å². The summed E-state index contributed by atoms with van der Waals surface area (Å²) in [5.74, 6) is 0.256. The third-order valence-electron chi connectivity index (χ3n) is 4.57. The SMILES string of the molecule is CCOC1(C(O)Cc2ccc(F)c(Cl)c2)CCC(C)CC1. The molecule has 0 bridgehead atoms. The quantitative estimate of drug-likeness (QED) is 0.874. The molecule has 0 heterocycles. The van der Waals surface area contributed by atoms with Crippen molar-refractivity contribution in [3.8, 4) is 0 Å². The molecule has 1 unspecified atom stereocenters. The van der Waals surface area contributed by atoms with E-state index in [2.05, 4.69) is 6.92 Å². The smallest absolute Gasteiger partial charge is 0.141 e. The monoisotopic (exact) mass is 314 g/mol. The lowest BCUT2D eigenvalue weighted by Gasteiger charge is -2.42. The third-order valence-corrected chi connectivity index (χ3v) is 4.86. The van der Waals surface area contributed by atoms with Crippen LogP contribution in [0.25, 0.3) is 0 Å². The molecule has 0 radical (unpaired) electrons. The zero-order valence-corrected chi connectivity index (χ0v) is 13.5. The first-order valence-electron chi connectivity index (χ1n) is 7.73. The lowest BCUT2D eigenvalue weighted by Crippen LogP contribution is -2.48. The second-order valence-corrected chi connectivity index (χ2v) is 6.56. The fourth-order valence-electron chi connectivity index (χ4n) is 3.19. The van der Waals surface area contributed by atoms with E-state index in [0.29, 0.717) is 18.9 Å². The second kappa shape index (κ2) is 7.08. The molecule has 4 heteroatoms. The largest absolute Gasteiger partial charge is 0.390 e. The molecule has 0 aliphatic heterocycles. The molecule has 2 nitrogen and oxygen atoms in total. The first-order chi connectivity index (χ1) is 9.97. The Kier molecular flexibility index (Phi) is 5.64. The summed E-state index contributed by atoms with van der Waals surface area (Å²) in [6.07, 6.45) is 3.74. The fourth-order valence-corrected chi connectivity index (χ4v) is 3.39. The van der Waals surface area contributed by atoms with Crippen molar-refractivity contribution in [1.29, 1.82) is 0 Å². The highest BCUT2D eigenvalue weighted by atomic mass is 35.5. The molecule has 1 atom stereocenters. The average molecular weight is 315 g/mol. The maximum absolute atomic E-state index is 13.2. The highest BCUT2D eigenvalue weighted by Gasteiger charge is 2.41. The van der Waals surface area contributed by atoms with Gasteiger partial charge in [-0.2, -0.15) is 0 Å². The van der Waals surface area contributed by atoms with Gasteiger partial charge in [-0.3, -0.25) is 0 Å². The minimum atomic E-state index is -0.591. The summed E-state index contributed by atoms with van der Waals surface area (Å²) in [5, 5.41) is 10.8. The minimum absolute atomic E-state index is 0.0995. The Morgan fingerprint density at radius 1 is 1.43 bits per heavy atom. The van der Waals surface area contributed by atoms with Crippen LogP contribution in [0, 0.1) is 11.7 Å². The Labute approximate surface area is 131 Å². The number of aliphatic hydroxyl groups is 1. The maximum atomic E-state index is 13.2. The van der Waals surface area contributed by atoms with E-state index in [1.54, 1.807) is 12.1 Å². The molecule has 118 valence electrons. The van der Waals surface area contributed by atoms with Crippen LogP contribution in [0.1, 0.15) is 45.1 Å². The lowest BCUT2D eigenvalue weighted by molar-refractivity contribution is -0.143. The first-order valence-corrected chi connectivity index (χ1v) is 8.10. The Morgan fingerprint density at radius 2 is 2.10 bits per heavy atom. The number of hydrogen-bond acceptors (Lipinski definition) is 2. The summed E-state index contributed by atoms with van der Waals surface area (Å²) < 4.78 is 19.2. The van der Waals surface area contributed by atoms with Gasteiger partial charge in [-0.1, -0.05) is 24.6 Å². The molecule has 1 aliphatic carbocycles. The van der Waals surface area contributed by atoms with E-state index in [-0.39, 0.29) is 5.02 Å². The van der Waals surface area contributed by atoms with Crippen molar-refractivity contribution in [3.05, 3.63) is 34.6 Å². The summed E-state index contributed by atoms with van der Waals surface area (Å²) in [7, 11) is 0. The van der Waals surface area contributed by atoms with Gasteiger partial charge in [0.05, 0.1) is 16.7 Å². The first kappa shape index (κ1) is 16.7. The molecule has 0 aromatic heterocycles. The molecule has 1 saturated carbocycles. The average Bonchev–Trinajstić information content (AvgIpc) is 2.46. The Morgan fingerprint density at radius 3 is 2.67 bits per heavy atom. The van der Waals surface area contributed by atoms with Gasteiger partial charge in [0, 0.05) is 13.0 Å². The molecule has 0 spiro atoms. The van der Waals surface area contributed by atoms with Crippen LogP contribution in [0.15, 0.2) is 18.2 Å². The second-order valence-electron chi connectivity index (χ2n) is 6.15. The Bertz CT molecular complexity index is 470. The molecule has 1 fully saturated rings. The zero-order valence-electron chi connectivity index (χ0n) is 12.7. The van der Waals surface area contributed by atoms with Crippen LogP contribution < -0.4 is 0 Å². The van der Waals surface area contributed by atoms with Crippen molar-refractivity contribution < 1.29 is 14.2 Å². The highest BCUT2D eigenvalue weighted by molar-refractivity contribution is 6.30.